The van der Waals surface area contributed by atoms with Gasteiger partial charge < -0.3 is 41.7 Å². The predicted molar refractivity (Wildman–Crippen MR) is 249 cm³/mol. The predicted octanol–water partition coefficient (Wildman–Crippen LogP) is 7.08. The molecule has 0 spiro atoms. The Balaban J connectivity index is 1.49. The Labute approximate surface area is 385 Å². The first-order valence-electron chi connectivity index (χ1n) is 19.4. The van der Waals surface area contributed by atoms with E-state index in [1.807, 2.05) is 0 Å². The Hall–Kier alpha value is -10.7. The monoisotopic (exact) mass is 902 g/mol. The van der Waals surface area contributed by atoms with Crippen molar-refractivity contribution >= 4 is 70.3 Å². The van der Waals surface area contributed by atoms with Crippen molar-refractivity contribution in [1.29, 1.82) is 0 Å². The highest BCUT2D eigenvalue weighted by Crippen LogP contribution is 2.35. The summed E-state index contributed by atoms with van der Waals surface area (Å²) in [5.41, 5.74) is -2.47. The molecule has 0 saturated heterocycles. The number of hydrogen-bond donors (Lipinski definition) is 8. The molecule has 16 nitrogen and oxygen atoms in total. The van der Waals surface area contributed by atoms with Crippen LogP contribution in [0.15, 0.2) is 109 Å². The van der Waals surface area contributed by atoms with Crippen LogP contribution in [0.3, 0.4) is 0 Å². The maximum atomic E-state index is 13.9. The first-order valence-corrected chi connectivity index (χ1v) is 19.4. The van der Waals surface area contributed by atoms with E-state index in [0.29, 0.717) is 0 Å². The lowest BCUT2D eigenvalue weighted by Crippen LogP contribution is -2.20. The standard InChI is InChI=1S/C52H30N4O12/c1-5-27-9-15-33(37(21-27)49(61)62)45(57)53-41-19-13-31(25-43(41)55-47(59)35-17-11-29(7-3)23-39(35)51(65)66)32-14-20-42(54-46(58)34-16-10-28(6-2)22-38(34)50(63)64)44(26-32)56-48(60)36-18-12-30(8-4)24-40(36)52(67)68/h1-4,9-26H,(H,53,57)(H,54,58)(H,55,59)(H,56,60)(H,61,62)(H,63,64)(H,65,66)(H,67,68). The third-order valence-corrected chi connectivity index (χ3v) is 10.0. The number of carbonyl (C=O) groups excluding carboxylic acids is 4. The fourth-order valence-corrected chi connectivity index (χ4v) is 6.67. The molecule has 0 saturated carbocycles. The van der Waals surface area contributed by atoms with E-state index in [4.69, 9.17) is 25.7 Å². The smallest absolute Gasteiger partial charge is 0.336 e. The summed E-state index contributed by atoms with van der Waals surface area (Å²) in [6, 6.07) is 22.8. The number of carbonyl (C=O) groups is 8. The number of hydrogen-bond acceptors (Lipinski definition) is 8. The molecule has 0 fully saturated rings. The minimum Gasteiger partial charge on any atom is -0.478 e. The van der Waals surface area contributed by atoms with Gasteiger partial charge in [-0.3, -0.25) is 19.2 Å². The van der Waals surface area contributed by atoms with E-state index < -0.39 is 69.8 Å². The highest BCUT2D eigenvalue weighted by Gasteiger charge is 2.24. The van der Waals surface area contributed by atoms with Crippen molar-refractivity contribution in [1.82, 2.24) is 0 Å². The normalized spacial score (nSPS) is 10.1. The maximum Gasteiger partial charge on any atom is 0.336 e. The molecule has 68 heavy (non-hydrogen) atoms. The van der Waals surface area contributed by atoms with Crippen LogP contribution in [-0.4, -0.2) is 67.9 Å². The highest BCUT2D eigenvalue weighted by molar-refractivity contribution is 6.17. The number of benzene rings is 6. The van der Waals surface area contributed by atoms with E-state index in [9.17, 15) is 58.8 Å². The molecule has 0 bridgehead atoms. The number of nitrogens with one attached hydrogen (secondary N) is 4. The number of rotatable bonds is 13. The Kier molecular flexibility index (Phi) is 13.6. The maximum absolute atomic E-state index is 13.9. The summed E-state index contributed by atoms with van der Waals surface area (Å²) in [6.07, 6.45) is 21.8. The fraction of sp³-hybridized carbons (Fsp3) is 0. The lowest BCUT2D eigenvalue weighted by molar-refractivity contribution is 0.0683. The van der Waals surface area contributed by atoms with Crippen LogP contribution < -0.4 is 21.3 Å². The summed E-state index contributed by atoms with van der Waals surface area (Å²) >= 11 is 0. The zero-order valence-electron chi connectivity index (χ0n) is 34.8. The summed E-state index contributed by atoms with van der Waals surface area (Å²) in [5.74, 6) is -0.582. The van der Waals surface area contributed by atoms with Crippen molar-refractivity contribution < 1.29 is 58.8 Å². The molecule has 6 aromatic carbocycles. The zero-order valence-corrected chi connectivity index (χ0v) is 34.8. The summed E-state index contributed by atoms with van der Waals surface area (Å²) in [5, 5.41) is 49.9. The number of terminal acetylenes is 4. The van der Waals surface area contributed by atoms with Gasteiger partial charge in [0.15, 0.2) is 0 Å². The van der Waals surface area contributed by atoms with Gasteiger partial charge >= 0.3 is 23.9 Å². The van der Waals surface area contributed by atoms with E-state index in [-0.39, 0.29) is 78.4 Å². The largest absolute Gasteiger partial charge is 0.478 e. The molecule has 4 amide bonds. The molecule has 0 aliphatic rings. The van der Waals surface area contributed by atoms with E-state index in [0.717, 1.165) is 24.3 Å². The molecule has 330 valence electrons. The van der Waals surface area contributed by atoms with Crippen LogP contribution in [-0.2, 0) is 0 Å². The van der Waals surface area contributed by atoms with Crippen molar-refractivity contribution in [3.8, 4) is 60.5 Å². The Morgan fingerprint density at radius 2 is 0.544 bits per heavy atom. The third-order valence-electron chi connectivity index (χ3n) is 10.0. The average Bonchev–Trinajstić information content (AvgIpc) is 3.33. The van der Waals surface area contributed by atoms with E-state index >= 15 is 0 Å². The molecule has 16 heteroatoms. The van der Waals surface area contributed by atoms with Gasteiger partial charge in [-0.1, -0.05) is 35.8 Å². The summed E-state index contributed by atoms with van der Waals surface area (Å²) < 4.78 is 0. The fourth-order valence-electron chi connectivity index (χ4n) is 6.67. The summed E-state index contributed by atoms with van der Waals surface area (Å²) in [7, 11) is 0. The SMILES string of the molecule is C#Cc1ccc(C(=O)Nc2ccc(-c3ccc(NC(=O)c4ccc(C#C)cc4C(=O)O)c(NC(=O)c4ccc(C#C)cc4C(=O)O)c3)cc2NC(=O)c2ccc(C#C)cc2C(=O)O)c(C(=O)O)c1. The number of anilines is 4. The lowest BCUT2D eigenvalue weighted by atomic mass is 10.00. The minimum absolute atomic E-state index is 0.110. The second kappa shape index (κ2) is 19.8. The Bertz CT molecular complexity index is 3170. The number of amides is 4. The molecule has 8 N–H and O–H groups in total. The molecule has 0 heterocycles. The first kappa shape index (κ1) is 46.8. The minimum atomic E-state index is -1.49. The average molecular weight is 903 g/mol. The van der Waals surface area contributed by atoms with Crippen LogP contribution in [0.1, 0.15) is 105 Å². The van der Waals surface area contributed by atoms with Crippen LogP contribution >= 0.6 is 0 Å². The van der Waals surface area contributed by atoms with Crippen LogP contribution in [0.2, 0.25) is 0 Å². The third kappa shape index (κ3) is 10.1. The molecule has 0 aromatic heterocycles. The van der Waals surface area contributed by atoms with Crippen molar-refractivity contribution in [3.63, 3.8) is 0 Å². The molecular weight excluding hydrogens is 873 g/mol. The van der Waals surface area contributed by atoms with E-state index in [1.165, 1.54) is 84.9 Å². The van der Waals surface area contributed by atoms with E-state index in [1.54, 1.807) is 0 Å². The molecule has 0 aliphatic heterocycles. The van der Waals surface area contributed by atoms with Gasteiger partial charge in [-0.05, 0) is 108 Å². The van der Waals surface area contributed by atoms with Crippen molar-refractivity contribution in [2.75, 3.05) is 21.3 Å². The van der Waals surface area contributed by atoms with Gasteiger partial charge in [0, 0.05) is 22.3 Å². The van der Waals surface area contributed by atoms with Gasteiger partial charge in [0.2, 0.25) is 0 Å². The highest BCUT2D eigenvalue weighted by atomic mass is 16.4. The lowest BCUT2D eigenvalue weighted by Gasteiger charge is -2.18. The van der Waals surface area contributed by atoms with Crippen LogP contribution in [0.25, 0.3) is 11.1 Å². The number of carboxylic acid groups (broad SMARTS) is 4. The summed E-state index contributed by atoms with van der Waals surface area (Å²) in [6.45, 7) is 0. The van der Waals surface area contributed by atoms with E-state index in [2.05, 4.69) is 44.9 Å². The molecule has 0 unspecified atom stereocenters. The van der Waals surface area contributed by atoms with Crippen LogP contribution in [0.4, 0.5) is 22.7 Å². The molecular formula is C52H30N4O12. The van der Waals surface area contributed by atoms with Crippen molar-refractivity contribution in [2.45, 2.75) is 0 Å². The quantitative estimate of drug-likeness (QED) is 0.0541. The Morgan fingerprint density at radius 3 is 0.765 bits per heavy atom. The van der Waals surface area contributed by atoms with Gasteiger partial charge in [-0.2, -0.15) is 0 Å². The topological polar surface area (TPSA) is 266 Å². The molecule has 0 atom stereocenters. The number of aromatic carboxylic acids is 4. The number of carboxylic acids is 4. The van der Waals surface area contributed by atoms with Gasteiger partial charge in [0.05, 0.1) is 67.3 Å². The molecule has 6 rings (SSSR count). The van der Waals surface area contributed by atoms with Gasteiger partial charge in [-0.15, -0.1) is 25.7 Å². The van der Waals surface area contributed by atoms with Crippen molar-refractivity contribution in [2.24, 2.45) is 0 Å². The zero-order chi connectivity index (χ0) is 49.4. The molecule has 0 radical (unpaired) electrons. The van der Waals surface area contributed by atoms with Crippen LogP contribution in [0, 0.1) is 49.4 Å². The van der Waals surface area contributed by atoms with Gasteiger partial charge in [-0.25, -0.2) is 19.2 Å². The first-order chi connectivity index (χ1) is 32.5. The van der Waals surface area contributed by atoms with Crippen molar-refractivity contribution in [3.05, 3.63) is 176 Å². The molecule has 0 aliphatic carbocycles. The second-order valence-corrected chi connectivity index (χ2v) is 14.2. The second-order valence-electron chi connectivity index (χ2n) is 14.2. The van der Waals surface area contributed by atoms with Gasteiger partial charge in [0.25, 0.3) is 23.6 Å². The summed E-state index contributed by atoms with van der Waals surface area (Å²) in [4.78, 5) is 104. The Morgan fingerprint density at radius 1 is 0.309 bits per heavy atom. The molecule has 6 aromatic rings. The van der Waals surface area contributed by atoms with Crippen LogP contribution in [0.5, 0.6) is 0 Å². The van der Waals surface area contributed by atoms with Gasteiger partial charge in [0.1, 0.15) is 0 Å².